The summed E-state index contributed by atoms with van der Waals surface area (Å²) in [5.41, 5.74) is 0.223. The highest BCUT2D eigenvalue weighted by atomic mass is 35.5. The number of hydrogen-bond acceptors (Lipinski definition) is 6. The first-order valence-corrected chi connectivity index (χ1v) is 7.61. The van der Waals surface area contributed by atoms with Gasteiger partial charge in [0.1, 0.15) is 18.7 Å². The number of amides is 1. The maximum Gasteiger partial charge on any atom is 0.258 e. The Morgan fingerprint density at radius 3 is 2.96 bits per heavy atom. The molecule has 0 saturated heterocycles. The van der Waals surface area contributed by atoms with Gasteiger partial charge in [0.2, 0.25) is 5.91 Å². The third-order valence-electron chi connectivity index (χ3n) is 3.48. The van der Waals surface area contributed by atoms with Gasteiger partial charge < -0.3 is 9.88 Å². The second-order valence-electron chi connectivity index (χ2n) is 5.09. The second kappa shape index (κ2) is 6.75. The van der Waals surface area contributed by atoms with E-state index in [2.05, 4.69) is 25.5 Å². The highest BCUT2D eigenvalue weighted by molar-refractivity contribution is 6.31. The predicted molar refractivity (Wildman–Crippen MR) is 86.3 cm³/mol. The number of carbonyl (C=O) groups is 1. The van der Waals surface area contributed by atoms with Crippen molar-refractivity contribution >= 4 is 28.4 Å². The summed E-state index contributed by atoms with van der Waals surface area (Å²) in [6, 6.07) is 4.87. The quantitative estimate of drug-likeness (QED) is 0.724. The van der Waals surface area contributed by atoms with Crippen molar-refractivity contribution in [2.75, 3.05) is 6.54 Å². The van der Waals surface area contributed by atoms with E-state index in [9.17, 15) is 9.59 Å². The molecule has 0 radical (unpaired) electrons. The van der Waals surface area contributed by atoms with E-state index in [1.165, 1.54) is 11.0 Å². The number of carbonyl (C=O) groups excluding carboxylic acids is 1. The molecular formula is C14H14ClN7O2. The molecule has 0 atom stereocenters. The summed E-state index contributed by atoms with van der Waals surface area (Å²) in [6.07, 6.45) is 1.36. The molecule has 1 aromatic carbocycles. The van der Waals surface area contributed by atoms with Crippen LogP contribution < -0.4 is 5.56 Å². The van der Waals surface area contributed by atoms with Gasteiger partial charge >= 0.3 is 0 Å². The lowest BCUT2D eigenvalue weighted by Gasteiger charge is -2.20. The van der Waals surface area contributed by atoms with E-state index in [1.807, 2.05) is 6.92 Å². The summed E-state index contributed by atoms with van der Waals surface area (Å²) < 4.78 is 1.33. The molecular weight excluding hydrogens is 334 g/mol. The Balaban J connectivity index is 1.84. The number of aromatic nitrogens is 6. The molecule has 0 spiro atoms. The number of tetrazole rings is 1. The minimum atomic E-state index is -0.268. The van der Waals surface area contributed by atoms with Crippen LogP contribution in [0.2, 0.25) is 5.02 Å². The zero-order valence-corrected chi connectivity index (χ0v) is 13.6. The minimum Gasteiger partial charge on any atom is -0.334 e. The molecule has 24 heavy (non-hydrogen) atoms. The van der Waals surface area contributed by atoms with Crippen molar-refractivity contribution in [1.82, 2.24) is 35.1 Å². The van der Waals surface area contributed by atoms with Crippen LogP contribution in [0, 0.1) is 0 Å². The van der Waals surface area contributed by atoms with Gasteiger partial charge in [0.25, 0.3) is 5.56 Å². The zero-order chi connectivity index (χ0) is 17.1. The summed E-state index contributed by atoms with van der Waals surface area (Å²) >= 11 is 5.95. The van der Waals surface area contributed by atoms with E-state index in [0.29, 0.717) is 28.3 Å². The molecule has 1 N–H and O–H groups in total. The molecule has 1 amide bonds. The Morgan fingerprint density at radius 2 is 2.25 bits per heavy atom. The van der Waals surface area contributed by atoms with Crippen LogP contribution in [0.4, 0.5) is 0 Å². The highest BCUT2D eigenvalue weighted by Crippen LogP contribution is 2.15. The predicted octanol–water partition coefficient (Wildman–Crippen LogP) is 0.612. The van der Waals surface area contributed by atoms with Gasteiger partial charge in [-0.2, -0.15) is 0 Å². The summed E-state index contributed by atoms with van der Waals surface area (Å²) in [5.74, 6) is 0.209. The summed E-state index contributed by atoms with van der Waals surface area (Å²) in [5, 5.41) is 11.6. The molecule has 3 aromatic rings. The van der Waals surface area contributed by atoms with Crippen LogP contribution in [-0.4, -0.2) is 47.5 Å². The first-order chi connectivity index (χ1) is 11.6. The van der Waals surface area contributed by atoms with Gasteiger partial charge in [-0.1, -0.05) is 11.6 Å². The minimum absolute atomic E-state index is 0.0183. The molecule has 0 aliphatic rings. The van der Waals surface area contributed by atoms with Gasteiger partial charge in [-0.15, -0.1) is 5.10 Å². The standard InChI is InChI=1S/C14H14ClN7O2/c1-2-21(13(23)7-22-8-16-19-20-22)6-12-17-11-5-9(15)3-4-10(11)14(24)18-12/h3-5,8H,2,6-7H2,1H3,(H,17,18,24). The number of benzene rings is 1. The van der Waals surface area contributed by atoms with Gasteiger partial charge in [-0.25, -0.2) is 9.67 Å². The summed E-state index contributed by atoms with van der Waals surface area (Å²) in [7, 11) is 0. The highest BCUT2D eigenvalue weighted by Gasteiger charge is 2.15. The molecule has 2 heterocycles. The Labute approximate surface area is 141 Å². The average Bonchev–Trinajstić information content (AvgIpc) is 3.05. The Hall–Kier alpha value is -2.81. The van der Waals surface area contributed by atoms with Crippen LogP contribution in [0.25, 0.3) is 10.9 Å². The van der Waals surface area contributed by atoms with Crippen molar-refractivity contribution in [3.63, 3.8) is 0 Å². The van der Waals surface area contributed by atoms with Crippen molar-refractivity contribution in [2.24, 2.45) is 0 Å². The number of nitrogens with one attached hydrogen (secondary N) is 1. The van der Waals surface area contributed by atoms with Gasteiger partial charge in [-0.3, -0.25) is 9.59 Å². The normalized spacial score (nSPS) is 10.9. The van der Waals surface area contributed by atoms with E-state index in [4.69, 9.17) is 11.6 Å². The smallest absolute Gasteiger partial charge is 0.258 e. The monoisotopic (exact) mass is 347 g/mol. The van der Waals surface area contributed by atoms with Gasteiger partial charge in [0.15, 0.2) is 0 Å². The number of nitrogens with zero attached hydrogens (tertiary/aromatic N) is 6. The third-order valence-corrected chi connectivity index (χ3v) is 3.72. The second-order valence-corrected chi connectivity index (χ2v) is 5.53. The molecule has 0 unspecified atom stereocenters. The Bertz CT molecular complexity index is 923. The number of rotatable bonds is 5. The third kappa shape index (κ3) is 3.40. The average molecular weight is 348 g/mol. The molecule has 3 rings (SSSR count). The molecule has 2 aromatic heterocycles. The lowest BCUT2D eigenvalue weighted by molar-refractivity contribution is -0.132. The van der Waals surface area contributed by atoms with Crippen LogP contribution >= 0.6 is 11.6 Å². The van der Waals surface area contributed by atoms with Crippen LogP contribution in [0.3, 0.4) is 0 Å². The fourth-order valence-electron chi connectivity index (χ4n) is 2.28. The van der Waals surface area contributed by atoms with Crippen LogP contribution in [-0.2, 0) is 17.9 Å². The lowest BCUT2D eigenvalue weighted by Crippen LogP contribution is -2.34. The van der Waals surface area contributed by atoms with Gasteiger partial charge in [0, 0.05) is 11.6 Å². The van der Waals surface area contributed by atoms with E-state index in [-0.39, 0.29) is 24.6 Å². The first-order valence-electron chi connectivity index (χ1n) is 7.24. The topological polar surface area (TPSA) is 110 Å². The fraction of sp³-hybridized carbons (Fsp3) is 0.286. The van der Waals surface area contributed by atoms with Crippen molar-refractivity contribution < 1.29 is 4.79 Å². The fourth-order valence-corrected chi connectivity index (χ4v) is 2.45. The first kappa shape index (κ1) is 16.1. The Morgan fingerprint density at radius 1 is 1.42 bits per heavy atom. The number of aromatic amines is 1. The number of H-pyrrole nitrogens is 1. The van der Waals surface area contributed by atoms with Crippen molar-refractivity contribution in [2.45, 2.75) is 20.0 Å². The SMILES string of the molecule is CCN(Cc1nc2cc(Cl)ccc2c(=O)[nH]1)C(=O)Cn1cnnn1. The van der Waals surface area contributed by atoms with Gasteiger partial charge in [0.05, 0.1) is 17.4 Å². The maximum absolute atomic E-state index is 12.3. The molecule has 0 fully saturated rings. The van der Waals surface area contributed by atoms with Crippen molar-refractivity contribution in [3.8, 4) is 0 Å². The summed E-state index contributed by atoms with van der Waals surface area (Å²) in [4.78, 5) is 33.1. The van der Waals surface area contributed by atoms with Crippen LogP contribution in [0.15, 0.2) is 29.3 Å². The lowest BCUT2D eigenvalue weighted by atomic mass is 10.2. The van der Waals surface area contributed by atoms with E-state index < -0.39 is 0 Å². The van der Waals surface area contributed by atoms with Crippen LogP contribution in [0.1, 0.15) is 12.7 Å². The molecule has 0 aliphatic heterocycles. The van der Waals surface area contributed by atoms with E-state index >= 15 is 0 Å². The maximum atomic E-state index is 12.3. The number of fused-ring (bicyclic) bond motifs is 1. The number of halogens is 1. The van der Waals surface area contributed by atoms with E-state index in [0.717, 1.165) is 0 Å². The molecule has 9 nitrogen and oxygen atoms in total. The summed E-state index contributed by atoms with van der Waals surface area (Å²) in [6.45, 7) is 2.49. The molecule has 124 valence electrons. The van der Waals surface area contributed by atoms with E-state index in [1.54, 1.807) is 23.1 Å². The van der Waals surface area contributed by atoms with Crippen molar-refractivity contribution in [3.05, 3.63) is 45.7 Å². The zero-order valence-electron chi connectivity index (χ0n) is 12.8. The van der Waals surface area contributed by atoms with Crippen molar-refractivity contribution in [1.29, 1.82) is 0 Å². The molecule has 0 bridgehead atoms. The number of likely N-dealkylation sites (N-methyl/N-ethyl adjacent to an activating group) is 1. The van der Waals surface area contributed by atoms with Crippen LogP contribution in [0.5, 0.6) is 0 Å². The van der Waals surface area contributed by atoms with Gasteiger partial charge in [-0.05, 0) is 35.5 Å². The Kier molecular flexibility index (Phi) is 4.52. The largest absolute Gasteiger partial charge is 0.334 e. The number of hydrogen-bond donors (Lipinski definition) is 1. The molecule has 10 heteroatoms. The molecule has 0 aliphatic carbocycles. The molecule has 0 saturated carbocycles.